The maximum Gasteiger partial charge on any atom is 0.0919 e. The zero-order chi connectivity index (χ0) is 13.6. The molecular formula is C18H18N2. The van der Waals surface area contributed by atoms with Gasteiger partial charge in [0.1, 0.15) is 0 Å². The summed E-state index contributed by atoms with van der Waals surface area (Å²) >= 11 is 0. The van der Waals surface area contributed by atoms with Crippen LogP contribution < -0.4 is 0 Å². The predicted molar refractivity (Wildman–Crippen MR) is 81.9 cm³/mol. The predicted octanol–water partition coefficient (Wildman–Crippen LogP) is 4.34. The second-order valence-corrected chi connectivity index (χ2v) is 5.90. The average molecular weight is 262 g/mol. The molecule has 0 aliphatic heterocycles. The third-order valence-electron chi connectivity index (χ3n) is 4.76. The van der Waals surface area contributed by atoms with Crippen LogP contribution in [0.1, 0.15) is 36.0 Å². The van der Waals surface area contributed by atoms with E-state index in [1.165, 1.54) is 36.0 Å². The number of aromatic nitrogens is 2. The highest BCUT2D eigenvalue weighted by Gasteiger charge is 2.42. The van der Waals surface area contributed by atoms with Crippen molar-refractivity contribution in [2.75, 3.05) is 0 Å². The summed E-state index contributed by atoms with van der Waals surface area (Å²) in [5.41, 5.74) is 6.55. The number of hydrogen-bond acceptors (Lipinski definition) is 1. The van der Waals surface area contributed by atoms with Gasteiger partial charge in [0.2, 0.25) is 0 Å². The van der Waals surface area contributed by atoms with E-state index in [0.29, 0.717) is 0 Å². The third kappa shape index (κ3) is 1.54. The van der Waals surface area contributed by atoms with Crippen molar-refractivity contribution in [2.45, 2.75) is 31.6 Å². The van der Waals surface area contributed by atoms with Gasteiger partial charge >= 0.3 is 0 Å². The van der Waals surface area contributed by atoms with Gasteiger partial charge in [-0.2, -0.15) is 0 Å². The van der Waals surface area contributed by atoms with E-state index >= 15 is 0 Å². The molecule has 0 unspecified atom stereocenters. The smallest absolute Gasteiger partial charge is 0.0919 e. The molecule has 0 saturated heterocycles. The highest BCUT2D eigenvalue weighted by molar-refractivity contribution is 5.81. The number of pyridine rings is 1. The molecule has 20 heavy (non-hydrogen) atoms. The fourth-order valence-corrected chi connectivity index (χ4v) is 3.44. The van der Waals surface area contributed by atoms with Crippen LogP contribution in [0.15, 0.2) is 48.8 Å². The minimum atomic E-state index is 0.167. The fraction of sp³-hybridized carbons (Fsp3) is 0.278. The minimum Gasteiger partial charge on any atom is -0.360 e. The molecule has 1 fully saturated rings. The van der Waals surface area contributed by atoms with E-state index in [0.717, 1.165) is 11.0 Å². The quantitative estimate of drug-likeness (QED) is 0.731. The summed E-state index contributed by atoms with van der Waals surface area (Å²) in [7, 11) is 0. The van der Waals surface area contributed by atoms with Crippen molar-refractivity contribution in [3.05, 3.63) is 65.5 Å². The number of rotatable bonds is 2. The number of aromatic amines is 1. The van der Waals surface area contributed by atoms with Crippen LogP contribution in [0.2, 0.25) is 0 Å². The van der Waals surface area contributed by atoms with Gasteiger partial charge in [0, 0.05) is 23.4 Å². The van der Waals surface area contributed by atoms with Gasteiger partial charge in [-0.15, -0.1) is 0 Å². The van der Waals surface area contributed by atoms with E-state index < -0.39 is 0 Å². The van der Waals surface area contributed by atoms with E-state index in [1.807, 2.05) is 12.3 Å². The molecule has 0 amide bonds. The fourth-order valence-electron chi connectivity index (χ4n) is 3.44. The number of H-pyrrole nitrogens is 1. The molecule has 2 heteroatoms. The lowest BCUT2D eigenvalue weighted by molar-refractivity contribution is 0.303. The number of aryl methyl sites for hydroxylation is 1. The van der Waals surface area contributed by atoms with Crippen LogP contribution in [-0.4, -0.2) is 9.97 Å². The Bertz CT molecular complexity index is 748. The van der Waals surface area contributed by atoms with E-state index in [4.69, 9.17) is 0 Å². The standard InChI is InChI=1S/C18H18N2/c1-13-5-7-14(8-6-13)18(9-3-10-18)15-12-20-16-4-2-11-19-17(15)16/h2,4-8,11-12,20H,3,9-10H2,1H3. The van der Waals surface area contributed by atoms with E-state index in [9.17, 15) is 0 Å². The first-order valence-electron chi connectivity index (χ1n) is 7.29. The Kier molecular flexibility index (Phi) is 2.46. The Morgan fingerprint density at radius 3 is 2.60 bits per heavy atom. The number of hydrogen-bond donors (Lipinski definition) is 1. The Morgan fingerprint density at radius 2 is 1.90 bits per heavy atom. The molecule has 2 heterocycles. The molecular weight excluding hydrogens is 244 g/mol. The van der Waals surface area contributed by atoms with Gasteiger partial charge in [0.05, 0.1) is 11.0 Å². The van der Waals surface area contributed by atoms with Crippen molar-refractivity contribution in [3.8, 4) is 0 Å². The van der Waals surface area contributed by atoms with E-state index in [2.05, 4.69) is 53.4 Å². The highest BCUT2D eigenvalue weighted by atomic mass is 14.8. The SMILES string of the molecule is Cc1ccc(C2(c3c[nH]c4cccnc34)CCC2)cc1. The topological polar surface area (TPSA) is 28.7 Å². The van der Waals surface area contributed by atoms with Gasteiger partial charge in [-0.25, -0.2) is 0 Å². The Morgan fingerprint density at radius 1 is 1.10 bits per heavy atom. The van der Waals surface area contributed by atoms with Crippen LogP contribution >= 0.6 is 0 Å². The molecule has 3 aromatic rings. The molecule has 4 rings (SSSR count). The lowest BCUT2D eigenvalue weighted by atomic mass is 9.61. The van der Waals surface area contributed by atoms with Crippen molar-refractivity contribution in [1.29, 1.82) is 0 Å². The molecule has 1 saturated carbocycles. The van der Waals surface area contributed by atoms with Crippen molar-refractivity contribution in [1.82, 2.24) is 9.97 Å². The first-order chi connectivity index (χ1) is 9.79. The summed E-state index contributed by atoms with van der Waals surface area (Å²) in [6.45, 7) is 2.14. The average Bonchev–Trinajstić information content (AvgIpc) is 2.84. The Hall–Kier alpha value is -2.09. The van der Waals surface area contributed by atoms with E-state index in [-0.39, 0.29) is 5.41 Å². The van der Waals surface area contributed by atoms with Crippen LogP contribution in [0, 0.1) is 6.92 Å². The lowest BCUT2D eigenvalue weighted by Gasteiger charge is -2.42. The summed E-state index contributed by atoms with van der Waals surface area (Å²) < 4.78 is 0. The van der Waals surface area contributed by atoms with E-state index in [1.54, 1.807) is 0 Å². The van der Waals surface area contributed by atoms with Crippen molar-refractivity contribution in [2.24, 2.45) is 0 Å². The first-order valence-corrected chi connectivity index (χ1v) is 7.29. The minimum absolute atomic E-state index is 0.167. The molecule has 0 atom stereocenters. The van der Waals surface area contributed by atoms with Crippen LogP contribution in [0.3, 0.4) is 0 Å². The molecule has 0 spiro atoms. The Labute approximate surface area is 118 Å². The Balaban J connectivity index is 1.91. The largest absolute Gasteiger partial charge is 0.360 e. The molecule has 1 aliphatic rings. The van der Waals surface area contributed by atoms with Gasteiger partial charge < -0.3 is 4.98 Å². The van der Waals surface area contributed by atoms with Gasteiger partial charge in [-0.1, -0.05) is 36.2 Å². The number of nitrogens with one attached hydrogen (secondary N) is 1. The molecule has 1 aliphatic carbocycles. The van der Waals surface area contributed by atoms with Crippen molar-refractivity contribution >= 4 is 11.0 Å². The summed E-state index contributed by atoms with van der Waals surface area (Å²) in [5, 5.41) is 0. The zero-order valence-electron chi connectivity index (χ0n) is 11.7. The molecule has 2 aromatic heterocycles. The molecule has 100 valence electrons. The second kappa shape index (κ2) is 4.20. The molecule has 0 bridgehead atoms. The lowest BCUT2D eigenvalue weighted by Crippen LogP contribution is -2.35. The van der Waals surface area contributed by atoms with Crippen LogP contribution in [0.25, 0.3) is 11.0 Å². The molecule has 0 radical (unpaired) electrons. The summed E-state index contributed by atoms with van der Waals surface area (Å²) in [4.78, 5) is 7.98. The highest BCUT2D eigenvalue weighted by Crippen LogP contribution is 2.50. The van der Waals surface area contributed by atoms with Crippen molar-refractivity contribution in [3.63, 3.8) is 0 Å². The summed E-state index contributed by atoms with van der Waals surface area (Å²) in [6.07, 6.45) is 7.80. The van der Waals surface area contributed by atoms with Gasteiger partial charge in [0.25, 0.3) is 0 Å². The number of fused-ring (bicyclic) bond motifs is 1. The molecule has 2 nitrogen and oxygen atoms in total. The summed E-state index contributed by atoms with van der Waals surface area (Å²) in [5.74, 6) is 0. The first kappa shape index (κ1) is 11.7. The normalized spacial score (nSPS) is 17.1. The maximum absolute atomic E-state index is 4.60. The van der Waals surface area contributed by atoms with Crippen molar-refractivity contribution < 1.29 is 0 Å². The van der Waals surface area contributed by atoms with Crippen LogP contribution in [0.5, 0.6) is 0 Å². The van der Waals surface area contributed by atoms with Gasteiger partial charge in [-0.05, 0) is 37.5 Å². The second-order valence-electron chi connectivity index (χ2n) is 5.90. The maximum atomic E-state index is 4.60. The van der Waals surface area contributed by atoms with Crippen LogP contribution in [-0.2, 0) is 5.41 Å². The number of benzene rings is 1. The zero-order valence-corrected chi connectivity index (χ0v) is 11.7. The van der Waals surface area contributed by atoms with Gasteiger partial charge in [0.15, 0.2) is 0 Å². The monoisotopic (exact) mass is 262 g/mol. The number of nitrogens with zero attached hydrogens (tertiary/aromatic N) is 1. The third-order valence-corrected chi connectivity index (χ3v) is 4.76. The summed E-state index contributed by atoms with van der Waals surface area (Å²) in [6, 6.07) is 13.1. The molecule has 1 aromatic carbocycles. The van der Waals surface area contributed by atoms with Gasteiger partial charge in [-0.3, -0.25) is 4.98 Å². The van der Waals surface area contributed by atoms with Crippen LogP contribution in [0.4, 0.5) is 0 Å². The molecule has 1 N–H and O–H groups in total.